The summed E-state index contributed by atoms with van der Waals surface area (Å²) in [5, 5.41) is 15.6. The van der Waals surface area contributed by atoms with E-state index in [4.69, 9.17) is 4.42 Å². The van der Waals surface area contributed by atoms with Crippen LogP contribution in [0.4, 0.5) is 16.5 Å². The molecule has 0 bridgehead atoms. The molecule has 1 unspecified atom stereocenters. The summed E-state index contributed by atoms with van der Waals surface area (Å²) >= 11 is 0. The molecule has 2 rings (SSSR count). The van der Waals surface area contributed by atoms with Crippen LogP contribution in [0.2, 0.25) is 0 Å². The number of aryl methyl sites for hydroxylation is 1. The lowest BCUT2D eigenvalue weighted by molar-refractivity contribution is 0.261. The predicted octanol–water partition coefficient (Wildman–Crippen LogP) is 2.30. The molecule has 0 radical (unpaired) electrons. The number of anilines is 2. The minimum absolute atomic E-state index is 0.0698. The molecule has 7 nitrogen and oxygen atoms in total. The molecule has 3 N–H and O–H groups in total. The van der Waals surface area contributed by atoms with E-state index in [0.29, 0.717) is 11.6 Å². The van der Waals surface area contributed by atoms with E-state index < -0.39 is 6.03 Å². The molecule has 7 heteroatoms. The van der Waals surface area contributed by atoms with Gasteiger partial charge in [0.15, 0.2) is 0 Å². The van der Waals surface area contributed by atoms with Gasteiger partial charge in [-0.25, -0.2) is 4.79 Å². The van der Waals surface area contributed by atoms with E-state index in [1.54, 1.807) is 6.92 Å². The molecule has 0 saturated heterocycles. The normalized spacial score (nSPS) is 11.9. The molecule has 0 spiro atoms. The molecule has 0 aliphatic carbocycles. The first kappa shape index (κ1) is 14.0. The minimum Gasteiger partial charge on any atom is -0.408 e. The minimum atomic E-state index is -0.428. The van der Waals surface area contributed by atoms with E-state index in [-0.39, 0.29) is 12.1 Å². The number of carbonyl (C=O) groups excluding carboxylic acids is 1. The highest BCUT2D eigenvalue weighted by Gasteiger charge is 2.08. The molecule has 0 aliphatic heterocycles. The lowest BCUT2D eigenvalue weighted by Crippen LogP contribution is -2.19. The van der Waals surface area contributed by atoms with Crippen LogP contribution in [0.3, 0.4) is 0 Å². The maximum atomic E-state index is 11.7. The molecule has 0 aliphatic rings. The van der Waals surface area contributed by atoms with Gasteiger partial charge in [-0.15, -0.1) is 5.10 Å². The molecule has 0 fully saturated rings. The highest BCUT2D eigenvalue weighted by Crippen LogP contribution is 2.15. The molecular formula is C13H17N5O2. The third-order valence-electron chi connectivity index (χ3n) is 2.85. The van der Waals surface area contributed by atoms with E-state index in [2.05, 4.69) is 33.1 Å². The zero-order chi connectivity index (χ0) is 14.5. The average molecular weight is 275 g/mol. The van der Waals surface area contributed by atoms with Gasteiger partial charge in [0.05, 0.1) is 0 Å². The summed E-state index contributed by atoms with van der Waals surface area (Å²) < 4.78 is 5.05. The molecule has 1 aromatic heterocycles. The largest absolute Gasteiger partial charge is 0.408 e. The fourth-order valence-electron chi connectivity index (χ4n) is 1.63. The molecular weight excluding hydrogens is 258 g/mol. The molecule has 106 valence electrons. The number of rotatable bonds is 4. The maximum absolute atomic E-state index is 11.7. The first-order valence-electron chi connectivity index (χ1n) is 6.24. The fourth-order valence-corrected chi connectivity index (χ4v) is 1.63. The predicted molar refractivity (Wildman–Crippen MR) is 75.6 cm³/mol. The SMILES string of the molecule is CNC(C)c1ccc(NC(=O)Nc2nnc(C)o2)cc1. The van der Waals surface area contributed by atoms with Crippen LogP contribution in [0.1, 0.15) is 24.4 Å². The van der Waals surface area contributed by atoms with Crippen LogP contribution in [-0.4, -0.2) is 23.3 Å². The highest BCUT2D eigenvalue weighted by atomic mass is 16.4. The molecule has 2 amide bonds. The number of hydrogen-bond donors (Lipinski definition) is 3. The van der Waals surface area contributed by atoms with Gasteiger partial charge in [0, 0.05) is 18.7 Å². The first-order chi connectivity index (χ1) is 9.58. The van der Waals surface area contributed by atoms with Crippen molar-refractivity contribution in [2.45, 2.75) is 19.9 Å². The molecule has 1 heterocycles. The van der Waals surface area contributed by atoms with Gasteiger partial charge in [-0.05, 0) is 31.7 Å². The Bertz CT molecular complexity index is 579. The van der Waals surface area contributed by atoms with Gasteiger partial charge in [0.1, 0.15) is 0 Å². The van der Waals surface area contributed by atoms with E-state index in [1.165, 1.54) is 0 Å². The Labute approximate surface area is 116 Å². The van der Waals surface area contributed by atoms with Crippen molar-refractivity contribution in [2.24, 2.45) is 0 Å². The standard InChI is InChI=1S/C13H17N5O2/c1-8(14-3)10-4-6-11(7-5-10)15-12(19)16-13-18-17-9(2)20-13/h4-8,14H,1-3H3,(H2,15,16,18,19). The van der Waals surface area contributed by atoms with Crippen molar-refractivity contribution in [3.63, 3.8) is 0 Å². The molecule has 2 aromatic rings. The number of hydrogen-bond acceptors (Lipinski definition) is 5. The Kier molecular flexibility index (Phi) is 4.31. The van der Waals surface area contributed by atoms with Gasteiger partial charge in [0.2, 0.25) is 5.89 Å². The highest BCUT2D eigenvalue weighted by molar-refractivity contribution is 5.98. The van der Waals surface area contributed by atoms with Gasteiger partial charge >= 0.3 is 12.0 Å². The average Bonchev–Trinajstić information content (AvgIpc) is 2.84. The van der Waals surface area contributed by atoms with Crippen LogP contribution < -0.4 is 16.0 Å². The summed E-state index contributed by atoms with van der Waals surface area (Å²) in [6.07, 6.45) is 0. The smallest absolute Gasteiger partial charge is 0.327 e. The van der Waals surface area contributed by atoms with Crippen LogP contribution in [0, 0.1) is 6.92 Å². The zero-order valence-electron chi connectivity index (χ0n) is 11.6. The molecule has 20 heavy (non-hydrogen) atoms. The van der Waals surface area contributed by atoms with Crippen molar-refractivity contribution in [3.05, 3.63) is 35.7 Å². The number of carbonyl (C=O) groups is 1. The maximum Gasteiger partial charge on any atom is 0.327 e. The van der Waals surface area contributed by atoms with Crippen LogP contribution in [0.5, 0.6) is 0 Å². The van der Waals surface area contributed by atoms with E-state index in [9.17, 15) is 4.79 Å². The Morgan fingerprint density at radius 1 is 1.20 bits per heavy atom. The zero-order valence-corrected chi connectivity index (χ0v) is 11.6. The molecule has 1 atom stereocenters. The second-order valence-corrected chi connectivity index (χ2v) is 4.34. The Morgan fingerprint density at radius 3 is 2.45 bits per heavy atom. The number of nitrogens with one attached hydrogen (secondary N) is 3. The summed E-state index contributed by atoms with van der Waals surface area (Å²) in [5.41, 5.74) is 1.83. The number of amides is 2. The van der Waals surface area contributed by atoms with Crippen molar-refractivity contribution in [1.29, 1.82) is 0 Å². The van der Waals surface area contributed by atoms with Gasteiger partial charge in [-0.2, -0.15) is 0 Å². The Balaban J connectivity index is 1.94. The number of nitrogens with zero attached hydrogens (tertiary/aromatic N) is 2. The summed E-state index contributed by atoms with van der Waals surface area (Å²) in [4.78, 5) is 11.7. The third kappa shape index (κ3) is 3.55. The molecule has 1 aromatic carbocycles. The van der Waals surface area contributed by atoms with Gasteiger partial charge in [0.25, 0.3) is 0 Å². The van der Waals surface area contributed by atoms with E-state index >= 15 is 0 Å². The van der Waals surface area contributed by atoms with Gasteiger partial charge < -0.3 is 15.1 Å². The van der Waals surface area contributed by atoms with Gasteiger partial charge in [-0.1, -0.05) is 17.2 Å². The monoisotopic (exact) mass is 275 g/mol. The lowest BCUT2D eigenvalue weighted by Gasteiger charge is -2.11. The topological polar surface area (TPSA) is 92.1 Å². The first-order valence-corrected chi connectivity index (χ1v) is 6.24. The second kappa shape index (κ2) is 6.16. The van der Waals surface area contributed by atoms with Crippen molar-refractivity contribution in [1.82, 2.24) is 15.5 Å². The van der Waals surface area contributed by atoms with Crippen molar-refractivity contribution in [3.8, 4) is 0 Å². The molecule has 0 saturated carbocycles. The summed E-state index contributed by atoms with van der Waals surface area (Å²) in [6.45, 7) is 3.71. The van der Waals surface area contributed by atoms with Crippen LogP contribution in [0.15, 0.2) is 28.7 Å². The third-order valence-corrected chi connectivity index (χ3v) is 2.85. The van der Waals surface area contributed by atoms with E-state index in [0.717, 1.165) is 5.56 Å². The number of aromatic nitrogens is 2. The van der Waals surface area contributed by atoms with Crippen LogP contribution >= 0.6 is 0 Å². The summed E-state index contributed by atoms with van der Waals surface area (Å²) in [5.74, 6) is 0.394. The van der Waals surface area contributed by atoms with Crippen LogP contribution in [-0.2, 0) is 0 Å². The van der Waals surface area contributed by atoms with Crippen molar-refractivity contribution in [2.75, 3.05) is 17.7 Å². The lowest BCUT2D eigenvalue weighted by atomic mass is 10.1. The fraction of sp³-hybridized carbons (Fsp3) is 0.308. The number of benzene rings is 1. The summed E-state index contributed by atoms with van der Waals surface area (Å²) in [7, 11) is 1.90. The quantitative estimate of drug-likeness (QED) is 0.796. The van der Waals surface area contributed by atoms with Gasteiger partial charge in [-0.3, -0.25) is 5.32 Å². The van der Waals surface area contributed by atoms with Crippen molar-refractivity contribution >= 4 is 17.7 Å². The van der Waals surface area contributed by atoms with Crippen molar-refractivity contribution < 1.29 is 9.21 Å². The van der Waals surface area contributed by atoms with E-state index in [1.807, 2.05) is 31.3 Å². The second-order valence-electron chi connectivity index (χ2n) is 4.34. The Morgan fingerprint density at radius 2 is 1.90 bits per heavy atom. The van der Waals surface area contributed by atoms with Crippen LogP contribution in [0.25, 0.3) is 0 Å². The number of urea groups is 1. The Hall–Kier alpha value is -2.41. The summed E-state index contributed by atoms with van der Waals surface area (Å²) in [6, 6.07) is 7.48.